The van der Waals surface area contributed by atoms with E-state index in [1.54, 1.807) is 12.4 Å². The molecule has 7 heteroatoms. The molecule has 0 aliphatic carbocycles. The van der Waals surface area contributed by atoms with Gasteiger partial charge in [-0.1, -0.05) is 0 Å². The fourth-order valence-electron chi connectivity index (χ4n) is 2.09. The predicted molar refractivity (Wildman–Crippen MR) is 81.2 cm³/mol. The number of aryl methyl sites for hydroxylation is 1. The zero-order chi connectivity index (χ0) is 14.7. The molecule has 2 N–H and O–H groups in total. The van der Waals surface area contributed by atoms with E-state index in [4.69, 9.17) is 0 Å². The Balaban J connectivity index is 1.86. The van der Waals surface area contributed by atoms with Crippen LogP contribution in [0.25, 0.3) is 5.65 Å². The molecule has 3 aromatic heterocycles. The Morgan fingerprint density at radius 1 is 1.14 bits per heavy atom. The van der Waals surface area contributed by atoms with Crippen molar-refractivity contribution < 1.29 is 0 Å². The van der Waals surface area contributed by atoms with E-state index >= 15 is 0 Å². The highest BCUT2D eigenvalue weighted by atomic mass is 15.1. The monoisotopic (exact) mass is 283 g/mol. The maximum absolute atomic E-state index is 4.55. The van der Waals surface area contributed by atoms with Gasteiger partial charge in [-0.2, -0.15) is 0 Å². The van der Waals surface area contributed by atoms with Gasteiger partial charge in [-0.25, -0.2) is 19.9 Å². The van der Waals surface area contributed by atoms with Gasteiger partial charge in [-0.05, 0) is 19.9 Å². The quantitative estimate of drug-likeness (QED) is 0.744. The highest BCUT2D eigenvalue weighted by Crippen LogP contribution is 2.16. The van der Waals surface area contributed by atoms with Gasteiger partial charge in [0, 0.05) is 25.1 Å². The first kappa shape index (κ1) is 13.3. The van der Waals surface area contributed by atoms with Crippen molar-refractivity contribution in [1.29, 1.82) is 0 Å². The van der Waals surface area contributed by atoms with Crippen LogP contribution in [0, 0.1) is 6.92 Å². The highest BCUT2D eigenvalue weighted by Gasteiger charge is 2.07. The fraction of sp³-hybridized carbons (Fsp3) is 0.286. The van der Waals surface area contributed by atoms with Crippen molar-refractivity contribution in [3.63, 3.8) is 0 Å². The van der Waals surface area contributed by atoms with Gasteiger partial charge in [0.15, 0.2) is 11.5 Å². The molecule has 0 unspecified atom stereocenters. The van der Waals surface area contributed by atoms with Crippen molar-refractivity contribution in [2.24, 2.45) is 0 Å². The van der Waals surface area contributed by atoms with Crippen LogP contribution < -0.4 is 10.6 Å². The van der Waals surface area contributed by atoms with Crippen molar-refractivity contribution in [2.45, 2.75) is 20.4 Å². The molecule has 0 bridgehead atoms. The molecule has 3 rings (SSSR count). The van der Waals surface area contributed by atoms with Gasteiger partial charge in [-0.15, -0.1) is 0 Å². The lowest BCUT2D eigenvalue weighted by molar-refractivity contribution is 0.947. The molecule has 108 valence electrons. The van der Waals surface area contributed by atoms with Gasteiger partial charge in [0.2, 0.25) is 0 Å². The minimum absolute atomic E-state index is 0.578. The molecule has 7 nitrogen and oxygen atoms in total. The summed E-state index contributed by atoms with van der Waals surface area (Å²) in [6.45, 7) is 5.31. The molecule has 3 aromatic rings. The van der Waals surface area contributed by atoms with E-state index in [-0.39, 0.29) is 0 Å². The number of fused-ring (bicyclic) bond motifs is 1. The van der Waals surface area contributed by atoms with Crippen LogP contribution >= 0.6 is 0 Å². The van der Waals surface area contributed by atoms with Gasteiger partial charge >= 0.3 is 0 Å². The Hall–Kier alpha value is -2.70. The Labute approximate surface area is 122 Å². The molecule has 0 aliphatic heterocycles. The molecular weight excluding hydrogens is 266 g/mol. The van der Waals surface area contributed by atoms with Crippen LogP contribution in [0.3, 0.4) is 0 Å². The van der Waals surface area contributed by atoms with Crippen LogP contribution in [0.5, 0.6) is 0 Å². The van der Waals surface area contributed by atoms with E-state index in [1.807, 2.05) is 36.7 Å². The van der Waals surface area contributed by atoms with E-state index in [0.717, 1.165) is 35.3 Å². The van der Waals surface area contributed by atoms with Crippen molar-refractivity contribution in [3.05, 3.63) is 42.4 Å². The molecule has 0 radical (unpaired) electrons. The molecule has 0 amide bonds. The summed E-state index contributed by atoms with van der Waals surface area (Å²) >= 11 is 0. The summed E-state index contributed by atoms with van der Waals surface area (Å²) in [5, 5.41) is 6.50. The Morgan fingerprint density at radius 3 is 2.86 bits per heavy atom. The van der Waals surface area contributed by atoms with Crippen molar-refractivity contribution in [3.8, 4) is 0 Å². The molecule has 0 aliphatic rings. The van der Waals surface area contributed by atoms with Gasteiger partial charge in [0.1, 0.15) is 11.6 Å². The number of hydrogen-bond acceptors (Lipinski definition) is 6. The molecule has 0 aromatic carbocycles. The van der Waals surface area contributed by atoms with Gasteiger partial charge < -0.3 is 15.0 Å². The van der Waals surface area contributed by atoms with Gasteiger partial charge in [0.25, 0.3) is 0 Å². The standard InChI is InChI=1S/C14H17N7/c1-3-15-12-9-21-7-6-17-14(21)13(20-12)18-8-11-4-5-16-10(2)19-11/h4-7,9,15H,3,8H2,1-2H3,(H,18,20). The third-order valence-electron chi connectivity index (χ3n) is 3.00. The lowest BCUT2D eigenvalue weighted by atomic mass is 10.4. The average molecular weight is 283 g/mol. The number of hydrogen-bond donors (Lipinski definition) is 2. The van der Waals surface area contributed by atoms with Crippen LogP contribution in [-0.2, 0) is 6.54 Å². The van der Waals surface area contributed by atoms with Crippen molar-refractivity contribution >= 4 is 17.3 Å². The van der Waals surface area contributed by atoms with Gasteiger partial charge in [-0.3, -0.25) is 0 Å². The summed E-state index contributed by atoms with van der Waals surface area (Å²) in [5.41, 5.74) is 1.71. The molecule has 21 heavy (non-hydrogen) atoms. The summed E-state index contributed by atoms with van der Waals surface area (Å²) in [4.78, 5) is 17.3. The predicted octanol–water partition coefficient (Wildman–Crippen LogP) is 1.87. The first-order chi connectivity index (χ1) is 10.3. The summed E-state index contributed by atoms with van der Waals surface area (Å²) in [6, 6.07) is 1.89. The molecule has 0 atom stereocenters. The largest absolute Gasteiger partial charge is 0.369 e. The minimum Gasteiger partial charge on any atom is -0.369 e. The zero-order valence-electron chi connectivity index (χ0n) is 12.0. The Kier molecular flexibility index (Phi) is 3.63. The summed E-state index contributed by atoms with van der Waals surface area (Å²) in [6.07, 6.45) is 7.34. The number of imidazole rings is 1. The molecule has 0 saturated carbocycles. The minimum atomic E-state index is 0.578. The lowest BCUT2D eigenvalue weighted by Gasteiger charge is -2.10. The highest BCUT2D eigenvalue weighted by molar-refractivity contribution is 5.65. The number of nitrogens with one attached hydrogen (secondary N) is 2. The number of anilines is 2. The van der Waals surface area contributed by atoms with Crippen LogP contribution in [0.1, 0.15) is 18.4 Å². The smallest absolute Gasteiger partial charge is 0.180 e. The molecule has 3 heterocycles. The average Bonchev–Trinajstić information content (AvgIpc) is 2.93. The second kappa shape index (κ2) is 5.74. The Bertz CT molecular complexity index is 750. The lowest BCUT2D eigenvalue weighted by Crippen LogP contribution is -2.09. The second-order valence-corrected chi connectivity index (χ2v) is 4.61. The van der Waals surface area contributed by atoms with E-state index in [2.05, 4.69) is 30.6 Å². The first-order valence-electron chi connectivity index (χ1n) is 6.86. The molecule has 0 spiro atoms. The summed E-state index contributed by atoms with van der Waals surface area (Å²) in [5.74, 6) is 2.30. The normalized spacial score (nSPS) is 10.8. The van der Waals surface area contributed by atoms with Gasteiger partial charge in [0.05, 0.1) is 18.4 Å². The maximum Gasteiger partial charge on any atom is 0.180 e. The Morgan fingerprint density at radius 2 is 2.05 bits per heavy atom. The topological polar surface area (TPSA) is 80.0 Å². The van der Waals surface area contributed by atoms with E-state index in [0.29, 0.717) is 6.54 Å². The summed E-state index contributed by atoms with van der Waals surface area (Å²) in [7, 11) is 0. The first-order valence-corrected chi connectivity index (χ1v) is 6.86. The molecular formula is C14H17N7. The summed E-state index contributed by atoms with van der Waals surface area (Å²) < 4.78 is 1.94. The maximum atomic E-state index is 4.55. The van der Waals surface area contributed by atoms with Crippen LogP contribution in [0.2, 0.25) is 0 Å². The third-order valence-corrected chi connectivity index (χ3v) is 3.00. The molecule has 0 fully saturated rings. The molecule has 0 saturated heterocycles. The van der Waals surface area contributed by atoms with E-state index in [9.17, 15) is 0 Å². The number of nitrogens with zero attached hydrogens (tertiary/aromatic N) is 5. The van der Waals surface area contributed by atoms with Crippen LogP contribution in [0.15, 0.2) is 30.9 Å². The fourth-order valence-corrected chi connectivity index (χ4v) is 2.09. The number of rotatable bonds is 5. The van der Waals surface area contributed by atoms with Crippen LogP contribution in [-0.4, -0.2) is 30.9 Å². The van der Waals surface area contributed by atoms with Crippen LogP contribution in [0.4, 0.5) is 11.6 Å². The zero-order valence-corrected chi connectivity index (χ0v) is 12.0. The van der Waals surface area contributed by atoms with E-state index in [1.165, 1.54) is 0 Å². The number of aromatic nitrogens is 5. The van der Waals surface area contributed by atoms with Crippen molar-refractivity contribution in [2.75, 3.05) is 17.2 Å². The SMILES string of the molecule is CCNc1cn2ccnc2c(NCc2ccnc(C)n2)n1. The van der Waals surface area contributed by atoms with E-state index < -0.39 is 0 Å². The third kappa shape index (κ3) is 2.91. The second-order valence-electron chi connectivity index (χ2n) is 4.61. The van der Waals surface area contributed by atoms with Crippen molar-refractivity contribution in [1.82, 2.24) is 24.3 Å².